The van der Waals surface area contributed by atoms with E-state index in [9.17, 15) is 0 Å². The number of benzene rings is 1. The van der Waals surface area contributed by atoms with E-state index in [0.29, 0.717) is 16.8 Å². The second-order valence-electron chi connectivity index (χ2n) is 4.88. The molecule has 1 aliphatic heterocycles. The molecule has 0 amide bonds. The van der Waals surface area contributed by atoms with Crippen LogP contribution < -0.4 is 0 Å². The van der Waals surface area contributed by atoms with E-state index in [2.05, 4.69) is 19.5 Å². The number of hydrogen-bond donors (Lipinski definition) is 0. The smallest absolute Gasteiger partial charge is 0.222 e. The maximum Gasteiger partial charge on any atom is 0.222 e. The van der Waals surface area contributed by atoms with E-state index in [4.69, 9.17) is 27.9 Å². The first-order valence-corrected chi connectivity index (χ1v) is 7.21. The highest BCUT2D eigenvalue weighted by Gasteiger charge is 2.22. The van der Waals surface area contributed by atoms with Gasteiger partial charge in [-0.25, -0.2) is 15.0 Å². The van der Waals surface area contributed by atoms with Crippen molar-refractivity contribution in [2.45, 2.75) is 6.04 Å². The van der Waals surface area contributed by atoms with Crippen molar-refractivity contribution in [1.29, 1.82) is 0 Å². The molecule has 0 aliphatic carbocycles. The van der Waals surface area contributed by atoms with Crippen LogP contribution in [-0.2, 0) is 4.74 Å². The van der Waals surface area contributed by atoms with Crippen LogP contribution >= 0.6 is 23.2 Å². The van der Waals surface area contributed by atoms with Gasteiger partial charge in [-0.3, -0.25) is 0 Å². The SMILES string of the molecule is Clc1ncc(Cl)c(-c2ccc3ncn(C4COC4)c3c2)n1. The van der Waals surface area contributed by atoms with Crippen molar-refractivity contribution in [2.24, 2.45) is 0 Å². The number of nitrogens with zero attached hydrogens (tertiary/aromatic N) is 4. The van der Waals surface area contributed by atoms with Gasteiger partial charge in [0.25, 0.3) is 0 Å². The van der Waals surface area contributed by atoms with Crippen LogP contribution in [0.3, 0.4) is 0 Å². The molecule has 0 bridgehead atoms. The molecular formula is C14H10Cl2N4O. The van der Waals surface area contributed by atoms with Crippen LogP contribution in [0.2, 0.25) is 10.3 Å². The lowest BCUT2D eigenvalue weighted by molar-refractivity contribution is -0.0216. The number of ether oxygens (including phenoxy) is 1. The predicted molar refractivity (Wildman–Crippen MR) is 80.6 cm³/mol. The van der Waals surface area contributed by atoms with Crippen molar-refractivity contribution in [2.75, 3.05) is 13.2 Å². The Hall–Kier alpha value is -1.69. The zero-order valence-electron chi connectivity index (χ0n) is 10.8. The molecule has 0 radical (unpaired) electrons. The minimum Gasteiger partial charge on any atom is -0.377 e. The fourth-order valence-corrected chi connectivity index (χ4v) is 2.73. The van der Waals surface area contributed by atoms with Crippen LogP contribution in [0, 0.1) is 0 Å². The van der Waals surface area contributed by atoms with E-state index in [0.717, 1.165) is 29.8 Å². The quantitative estimate of drug-likeness (QED) is 0.679. The third kappa shape index (κ3) is 2.18. The molecule has 1 aromatic carbocycles. The third-order valence-corrected chi connectivity index (χ3v) is 4.04. The van der Waals surface area contributed by atoms with Gasteiger partial charge in [-0.05, 0) is 23.7 Å². The molecule has 0 unspecified atom stereocenters. The third-order valence-electron chi connectivity index (χ3n) is 3.58. The van der Waals surface area contributed by atoms with E-state index in [1.54, 1.807) is 0 Å². The van der Waals surface area contributed by atoms with Gasteiger partial charge >= 0.3 is 0 Å². The lowest BCUT2D eigenvalue weighted by Gasteiger charge is -2.27. The van der Waals surface area contributed by atoms with Gasteiger partial charge in [-0.1, -0.05) is 17.7 Å². The highest BCUT2D eigenvalue weighted by atomic mass is 35.5. The normalized spacial score (nSPS) is 15.3. The minimum absolute atomic E-state index is 0.176. The van der Waals surface area contributed by atoms with Gasteiger partial charge in [0, 0.05) is 5.56 Å². The van der Waals surface area contributed by atoms with Gasteiger partial charge < -0.3 is 9.30 Å². The summed E-state index contributed by atoms with van der Waals surface area (Å²) in [5, 5.41) is 0.646. The predicted octanol–water partition coefficient (Wildman–Crippen LogP) is 3.37. The Morgan fingerprint density at radius 1 is 1.19 bits per heavy atom. The Bertz CT molecular complexity index is 829. The van der Waals surface area contributed by atoms with Crippen molar-refractivity contribution in [3.05, 3.63) is 41.0 Å². The average molecular weight is 321 g/mol. The maximum absolute atomic E-state index is 6.17. The number of imidazole rings is 1. The summed E-state index contributed by atoms with van der Waals surface area (Å²) in [5.74, 6) is 0. The number of fused-ring (bicyclic) bond motifs is 1. The molecule has 1 fully saturated rings. The van der Waals surface area contributed by atoms with Crippen molar-refractivity contribution >= 4 is 34.2 Å². The summed E-state index contributed by atoms with van der Waals surface area (Å²) in [6.45, 7) is 1.44. The molecule has 0 atom stereocenters. The van der Waals surface area contributed by atoms with Crippen molar-refractivity contribution in [3.8, 4) is 11.3 Å². The van der Waals surface area contributed by atoms with Crippen LogP contribution in [-0.4, -0.2) is 32.7 Å². The Balaban J connectivity index is 1.87. The molecule has 1 aliphatic rings. The molecule has 0 saturated carbocycles. The first kappa shape index (κ1) is 13.0. The molecule has 3 aromatic rings. The van der Waals surface area contributed by atoms with Gasteiger partial charge in [-0.2, -0.15) is 0 Å². The van der Waals surface area contributed by atoms with Crippen LogP contribution in [0.25, 0.3) is 22.3 Å². The number of hydrogen-bond acceptors (Lipinski definition) is 4. The van der Waals surface area contributed by atoms with Crippen molar-refractivity contribution in [1.82, 2.24) is 19.5 Å². The molecule has 0 spiro atoms. The number of halogens is 2. The molecule has 7 heteroatoms. The fourth-order valence-electron chi connectivity index (χ4n) is 2.40. The molecule has 4 rings (SSSR count). The molecule has 5 nitrogen and oxygen atoms in total. The molecule has 0 N–H and O–H groups in total. The molecule has 106 valence electrons. The van der Waals surface area contributed by atoms with Crippen LogP contribution in [0.4, 0.5) is 0 Å². The topological polar surface area (TPSA) is 52.8 Å². The maximum atomic E-state index is 6.17. The second-order valence-corrected chi connectivity index (χ2v) is 5.63. The lowest BCUT2D eigenvalue weighted by Crippen LogP contribution is -2.30. The first-order valence-electron chi connectivity index (χ1n) is 6.45. The summed E-state index contributed by atoms with van der Waals surface area (Å²) < 4.78 is 7.37. The minimum atomic E-state index is 0.176. The summed E-state index contributed by atoms with van der Waals surface area (Å²) in [6, 6.07) is 6.24. The molecule has 21 heavy (non-hydrogen) atoms. The van der Waals surface area contributed by atoms with E-state index in [1.807, 2.05) is 24.5 Å². The largest absolute Gasteiger partial charge is 0.377 e. The summed E-state index contributed by atoms with van der Waals surface area (Å²) in [5.41, 5.74) is 3.48. The van der Waals surface area contributed by atoms with E-state index in [-0.39, 0.29) is 5.28 Å². The van der Waals surface area contributed by atoms with Crippen LogP contribution in [0.1, 0.15) is 6.04 Å². The Kier molecular flexibility index (Phi) is 3.06. The molecule has 1 saturated heterocycles. The molecule has 2 aromatic heterocycles. The number of aromatic nitrogens is 4. The Morgan fingerprint density at radius 2 is 2.05 bits per heavy atom. The average Bonchev–Trinajstić information content (AvgIpc) is 2.83. The van der Waals surface area contributed by atoms with Crippen molar-refractivity contribution < 1.29 is 4.74 Å². The van der Waals surface area contributed by atoms with Gasteiger partial charge in [0.2, 0.25) is 5.28 Å². The van der Waals surface area contributed by atoms with Gasteiger partial charge in [0.1, 0.15) is 0 Å². The second kappa shape index (κ2) is 4.94. The molecule has 3 heterocycles. The van der Waals surface area contributed by atoms with Gasteiger partial charge in [0.15, 0.2) is 0 Å². The zero-order chi connectivity index (χ0) is 14.4. The summed E-state index contributed by atoms with van der Waals surface area (Å²) in [4.78, 5) is 12.5. The van der Waals surface area contributed by atoms with E-state index in [1.165, 1.54) is 6.20 Å². The fraction of sp³-hybridized carbons (Fsp3) is 0.214. The highest BCUT2D eigenvalue weighted by Crippen LogP contribution is 2.30. The van der Waals surface area contributed by atoms with Crippen molar-refractivity contribution in [3.63, 3.8) is 0 Å². The monoisotopic (exact) mass is 320 g/mol. The zero-order valence-corrected chi connectivity index (χ0v) is 12.3. The first-order chi connectivity index (χ1) is 10.2. The number of rotatable bonds is 2. The van der Waals surface area contributed by atoms with Gasteiger partial charge in [0.05, 0.1) is 53.5 Å². The lowest BCUT2D eigenvalue weighted by atomic mass is 10.1. The summed E-state index contributed by atoms with van der Waals surface area (Å²) in [7, 11) is 0. The van der Waals surface area contributed by atoms with Crippen LogP contribution in [0.5, 0.6) is 0 Å². The van der Waals surface area contributed by atoms with Gasteiger partial charge in [-0.15, -0.1) is 0 Å². The highest BCUT2D eigenvalue weighted by molar-refractivity contribution is 6.33. The molecular weight excluding hydrogens is 311 g/mol. The van der Waals surface area contributed by atoms with E-state index >= 15 is 0 Å². The van der Waals surface area contributed by atoms with E-state index < -0.39 is 0 Å². The Labute approximate surface area is 130 Å². The summed E-state index contributed by atoms with van der Waals surface area (Å²) >= 11 is 12.0. The summed E-state index contributed by atoms with van der Waals surface area (Å²) in [6.07, 6.45) is 3.35. The van der Waals surface area contributed by atoms with Crippen LogP contribution in [0.15, 0.2) is 30.7 Å². The Morgan fingerprint density at radius 3 is 2.81 bits per heavy atom. The standard InChI is InChI=1S/C14H10Cl2N4O/c15-10-4-17-14(16)19-13(10)8-1-2-11-12(3-8)20(7-18-11)9-5-21-6-9/h1-4,7,9H,5-6H2.